The predicted octanol–water partition coefficient (Wildman–Crippen LogP) is 2.22. The number of rotatable bonds is 5. The second-order valence-corrected chi connectivity index (χ2v) is 3.51. The van der Waals surface area contributed by atoms with Gasteiger partial charge in [-0.1, -0.05) is 24.3 Å². The smallest absolute Gasteiger partial charge is 0.245 e. The van der Waals surface area contributed by atoms with Crippen LogP contribution in [0.5, 0.6) is 0 Å². The zero-order valence-electron chi connectivity index (χ0n) is 9.49. The van der Waals surface area contributed by atoms with E-state index in [1.54, 1.807) is 7.28 Å². The third kappa shape index (κ3) is 3.52. The van der Waals surface area contributed by atoms with Gasteiger partial charge in [-0.05, 0) is 26.3 Å². The molecule has 0 aliphatic rings. The summed E-state index contributed by atoms with van der Waals surface area (Å²) in [6.07, 6.45) is 0. The molecule has 1 rings (SSSR count). The molecule has 1 aromatic rings. The Hall–Kier alpha value is -1.09. The van der Waals surface area contributed by atoms with Crippen molar-refractivity contribution in [2.24, 2.45) is 0 Å². The fourth-order valence-corrected chi connectivity index (χ4v) is 1.46. The van der Waals surface area contributed by atoms with Crippen molar-refractivity contribution in [3.8, 4) is 0 Å². The van der Waals surface area contributed by atoms with Crippen molar-refractivity contribution in [2.45, 2.75) is 26.8 Å². The van der Waals surface area contributed by atoms with E-state index in [9.17, 15) is 4.79 Å². The van der Waals surface area contributed by atoms with E-state index in [2.05, 4.69) is 0 Å². The molecule has 0 amide bonds. The molecule has 79 valence electrons. The van der Waals surface area contributed by atoms with E-state index in [0.29, 0.717) is 6.61 Å². The quantitative estimate of drug-likeness (QED) is 0.686. The average molecular weight is 203 g/mol. The summed E-state index contributed by atoms with van der Waals surface area (Å²) in [4.78, 5) is 11.8. The fraction of sp³-hybridized carbons (Fsp3) is 0.417. The molecule has 0 aromatic heterocycles. The first-order valence-corrected chi connectivity index (χ1v) is 5.21. The molecular formula is C12H16BO2. The molecule has 0 bridgehead atoms. The molecule has 0 heterocycles. The Balaban J connectivity index is 2.65. The standard InChI is InChI=1S/C12H16BO2/c1-4-15-10(3)13-12(14)11-8-6-5-7-9(11)2/h5-8,10H,4H2,1-3H3. The number of carbonyl (C=O) groups excluding carboxylic acids is 1. The molecule has 1 atom stereocenters. The van der Waals surface area contributed by atoms with Gasteiger partial charge in [0, 0.05) is 18.2 Å². The number of hydrogen-bond donors (Lipinski definition) is 0. The monoisotopic (exact) mass is 203 g/mol. The molecule has 0 spiro atoms. The summed E-state index contributed by atoms with van der Waals surface area (Å²) in [5.41, 5.74) is 1.79. The Bertz CT molecular complexity index is 336. The van der Waals surface area contributed by atoms with Gasteiger partial charge in [0.2, 0.25) is 7.28 Å². The van der Waals surface area contributed by atoms with Gasteiger partial charge in [-0.25, -0.2) is 0 Å². The molecule has 2 nitrogen and oxygen atoms in total. The van der Waals surface area contributed by atoms with Gasteiger partial charge in [0.05, 0.1) is 0 Å². The van der Waals surface area contributed by atoms with Crippen LogP contribution in [0.2, 0.25) is 0 Å². The molecule has 0 aliphatic heterocycles. The van der Waals surface area contributed by atoms with Crippen molar-refractivity contribution in [1.29, 1.82) is 0 Å². The van der Waals surface area contributed by atoms with Gasteiger partial charge in [-0.3, -0.25) is 0 Å². The van der Waals surface area contributed by atoms with Crippen molar-refractivity contribution in [1.82, 2.24) is 0 Å². The Morgan fingerprint density at radius 3 is 2.73 bits per heavy atom. The van der Waals surface area contributed by atoms with Crippen molar-refractivity contribution in [3.05, 3.63) is 35.4 Å². The highest BCUT2D eigenvalue weighted by Crippen LogP contribution is 2.08. The minimum atomic E-state index is -0.123. The maximum absolute atomic E-state index is 11.8. The molecule has 1 aromatic carbocycles. The van der Waals surface area contributed by atoms with Crippen LogP contribution in [0.15, 0.2) is 24.3 Å². The van der Waals surface area contributed by atoms with Crippen LogP contribution in [0.3, 0.4) is 0 Å². The maximum atomic E-state index is 11.8. The van der Waals surface area contributed by atoms with Gasteiger partial charge < -0.3 is 9.53 Å². The first-order chi connectivity index (χ1) is 7.15. The number of hydrogen-bond acceptors (Lipinski definition) is 2. The van der Waals surface area contributed by atoms with Gasteiger partial charge in [-0.2, -0.15) is 0 Å². The first kappa shape index (κ1) is 12.0. The van der Waals surface area contributed by atoms with Crippen LogP contribution >= 0.6 is 0 Å². The Morgan fingerprint density at radius 1 is 1.47 bits per heavy atom. The fourth-order valence-electron chi connectivity index (χ4n) is 1.46. The summed E-state index contributed by atoms with van der Waals surface area (Å²) < 4.78 is 5.30. The Kier molecular flexibility index (Phi) is 4.57. The summed E-state index contributed by atoms with van der Waals surface area (Å²) >= 11 is 0. The SMILES string of the molecule is CCOC(C)[B]C(=O)c1ccccc1C. The predicted molar refractivity (Wildman–Crippen MR) is 62.4 cm³/mol. The minimum absolute atomic E-state index is 0.0362. The van der Waals surface area contributed by atoms with Gasteiger partial charge in [-0.15, -0.1) is 0 Å². The normalized spacial score (nSPS) is 12.2. The Labute approximate surface area is 91.9 Å². The zero-order valence-corrected chi connectivity index (χ0v) is 9.49. The summed E-state index contributed by atoms with van der Waals surface area (Å²) in [6.45, 7) is 6.35. The van der Waals surface area contributed by atoms with Crippen LogP contribution < -0.4 is 0 Å². The number of ether oxygens (including phenoxy) is 1. The van der Waals surface area contributed by atoms with Crippen LogP contribution in [0.25, 0.3) is 0 Å². The lowest BCUT2D eigenvalue weighted by Crippen LogP contribution is -2.25. The summed E-state index contributed by atoms with van der Waals surface area (Å²) in [7, 11) is 1.62. The van der Waals surface area contributed by atoms with E-state index >= 15 is 0 Å². The molecule has 3 heteroatoms. The third-order valence-electron chi connectivity index (χ3n) is 2.23. The highest BCUT2D eigenvalue weighted by atomic mass is 16.5. The number of benzene rings is 1. The zero-order chi connectivity index (χ0) is 11.3. The van der Waals surface area contributed by atoms with Crippen LogP contribution in [0.4, 0.5) is 0 Å². The second-order valence-electron chi connectivity index (χ2n) is 3.51. The number of aryl methyl sites for hydroxylation is 1. The van der Waals surface area contributed by atoms with Crippen LogP contribution in [0, 0.1) is 6.92 Å². The van der Waals surface area contributed by atoms with E-state index < -0.39 is 0 Å². The lowest BCUT2D eigenvalue weighted by molar-refractivity contribution is 0.103. The highest BCUT2D eigenvalue weighted by Gasteiger charge is 2.14. The van der Waals surface area contributed by atoms with Crippen molar-refractivity contribution in [3.63, 3.8) is 0 Å². The molecule has 1 unspecified atom stereocenters. The van der Waals surface area contributed by atoms with Crippen LogP contribution in [0.1, 0.15) is 29.8 Å². The van der Waals surface area contributed by atoms with Crippen molar-refractivity contribution < 1.29 is 9.53 Å². The van der Waals surface area contributed by atoms with Gasteiger partial charge in [0.25, 0.3) is 0 Å². The first-order valence-electron chi connectivity index (χ1n) is 5.21. The van der Waals surface area contributed by atoms with E-state index in [4.69, 9.17) is 4.74 Å². The molecule has 0 fully saturated rings. The lowest BCUT2D eigenvalue weighted by Gasteiger charge is -2.10. The molecular weight excluding hydrogens is 187 g/mol. The summed E-state index contributed by atoms with van der Waals surface area (Å²) in [5.74, 6) is 0. The van der Waals surface area contributed by atoms with Crippen LogP contribution in [-0.2, 0) is 4.74 Å². The van der Waals surface area contributed by atoms with Gasteiger partial charge in [0.15, 0.2) is 0 Å². The van der Waals surface area contributed by atoms with E-state index in [1.807, 2.05) is 45.0 Å². The topological polar surface area (TPSA) is 26.3 Å². The van der Waals surface area contributed by atoms with E-state index in [0.717, 1.165) is 11.1 Å². The number of carbonyl (C=O) groups is 1. The third-order valence-corrected chi connectivity index (χ3v) is 2.23. The Morgan fingerprint density at radius 2 is 2.13 bits per heavy atom. The molecule has 15 heavy (non-hydrogen) atoms. The summed E-state index contributed by atoms with van der Waals surface area (Å²) in [6, 6.07) is 7.46. The maximum Gasteiger partial charge on any atom is 0.245 e. The largest absolute Gasteiger partial charge is 0.387 e. The highest BCUT2D eigenvalue weighted by molar-refractivity contribution is 6.78. The van der Waals surface area contributed by atoms with Crippen molar-refractivity contribution >= 4 is 13.0 Å². The molecule has 0 saturated carbocycles. The average Bonchev–Trinajstić information content (AvgIpc) is 2.18. The van der Waals surface area contributed by atoms with E-state index in [1.165, 1.54) is 0 Å². The second kappa shape index (κ2) is 5.71. The van der Waals surface area contributed by atoms with Crippen molar-refractivity contribution in [2.75, 3.05) is 6.61 Å². The lowest BCUT2D eigenvalue weighted by atomic mass is 9.65. The van der Waals surface area contributed by atoms with Crippen LogP contribution in [-0.4, -0.2) is 25.6 Å². The molecule has 1 radical (unpaired) electrons. The summed E-state index contributed by atoms with van der Waals surface area (Å²) in [5, 5.41) is 0. The molecule has 0 saturated heterocycles. The van der Waals surface area contributed by atoms with Gasteiger partial charge >= 0.3 is 0 Å². The molecule has 0 aliphatic carbocycles. The molecule has 0 N–H and O–H groups in total. The van der Waals surface area contributed by atoms with E-state index in [-0.39, 0.29) is 11.7 Å². The van der Waals surface area contributed by atoms with Gasteiger partial charge in [0.1, 0.15) is 5.68 Å². The minimum Gasteiger partial charge on any atom is -0.387 e.